The molecule has 1 rings (SSSR count). The molecule has 0 aliphatic heterocycles. The predicted octanol–water partition coefficient (Wildman–Crippen LogP) is 1.79. The minimum absolute atomic E-state index is 0.235. The Morgan fingerprint density at radius 1 is 1.33 bits per heavy atom. The Balaban J connectivity index is 2.43. The lowest BCUT2D eigenvalue weighted by molar-refractivity contribution is 0.326. The van der Waals surface area contributed by atoms with E-state index in [0.717, 1.165) is 5.75 Å². The maximum atomic E-state index is 8.94. The van der Waals surface area contributed by atoms with Crippen molar-refractivity contribution < 1.29 is 9.84 Å². The summed E-state index contributed by atoms with van der Waals surface area (Å²) in [5, 5.41) is 8.94. The maximum Gasteiger partial charge on any atom is 0.119 e. The van der Waals surface area contributed by atoms with Crippen LogP contribution in [0.15, 0.2) is 24.3 Å². The Morgan fingerprint density at radius 2 is 2.00 bits per heavy atom. The van der Waals surface area contributed by atoms with Crippen LogP contribution in [-0.2, 0) is 0 Å². The van der Waals surface area contributed by atoms with Crippen molar-refractivity contribution in [3.63, 3.8) is 0 Å². The standard InChI is InChI=1S/C10H10O2/c1-2-3-8-12-10-6-4-9(11)5-7-10/h1,4-7,11H,3,8H2. The van der Waals surface area contributed by atoms with E-state index in [0.29, 0.717) is 13.0 Å². The van der Waals surface area contributed by atoms with Gasteiger partial charge in [0.05, 0.1) is 6.61 Å². The van der Waals surface area contributed by atoms with Gasteiger partial charge in [0, 0.05) is 6.42 Å². The monoisotopic (exact) mass is 162 g/mol. The molecule has 0 amide bonds. The first-order chi connectivity index (χ1) is 5.83. The molecule has 1 aromatic rings. The Bertz CT molecular complexity index is 269. The van der Waals surface area contributed by atoms with Crippen LogP contribution in [0.3, 0.4) is 0 Å². The zero-order chi connectivity index (χ0) is 8.81. The fourth-order valence-corrected chi connectivity index (χ4v) is 0.770. The summed E-state index contributed by atoms with van der Waals surface area (Å²) in [5.41, 5.74) is 0. The molecular weight excluding hydrogens is 152 g/mol. The molecule has 0 saturated carbocycles. The van der Waals surface area contributed by atoms with Gasteiger partial charge in [-0.05, 0) is 24.3 Å². The molecule has 0 spiro atoms. The first-order valence-corrected chi connectivity index (χ1v) is 3.68. The molecule has 0 aromatic heterocycles. The van der Waals surface area contributed by atoms with Crippen LogP contribution in [0, 0.1) is 12.3 Å². The number of terminal acetylenes is 1. The molecular formula is C10H10O2. The van der Waals surface area contributed by atoms with Crippen LogP contribution in [0.4, 0.5) is 0 Å². The highest BCUT2D eigenvalue weighted by molar-refractivity contribution is 5.30. The van der Waals surface area contributed by atoms with Crippen molar-refractivity contribution in [2.24, 2.45) is 0 Å². The summed E-state index contributed by atoms with van der Waals surface area (Å²) in [7, 11) is 0. The zero-order valence-corrected chi connectivity index (χ0v) is 6.66. The molecule has 2 nitrogen and oxygen atoms in total. The second-order valence-corrected chi connectivity index (χ2v) is 2.30. The van der Waals surface area contributed by atoms with Crippen molar-refractivity contribution >= 4 is 0 Å². The van der Waals surface area contributed by atoms with E-state index in [1.165, 1.54) is 0 Å². The van der Waals surface area contributed by atoms with Gasteiger partial charge in [-0.1, -0.05) is 0 Å². The van der Waals surface area contributed by atoms with Gasteiger partial charge in [0.2, 0.25) is 0 Å². The van der Waals surface area contributed by atoms with Gasteiger partial charge in [-0.3, -0.25) is 0 Å². The molecule has 1 aromatic carbocycles. The molecule has 0 fully saturated rings. The van der Waals surface area contributed by atoms with Gasteiger partial charge in [-0.25, -0.2) is 0 Å². The highest BCUT2D eigenvalue weighted by Gasteiger charge is 1.91. The number of hydrogen-bond acceptors (Lipinski definition) is 2. The lowest BCUT2D eigenvalue weighted by Gasteiger charge is -2.02. The molecule has 12 heavy (non-hydrogen) atoms. The highest BCUT2D eigenvalue weighted by atomic mass is 16.5. The molecule has 0 aliphatic rings. The fourth-order valence-electron chi connectivity index (χ4n) is 0.770. The van der Waals surface area contributed by atoms with Gasteiger partial charge in [0.25, 0.3) is 0 Å². The Morgan fingerprint density at radius 3 is 2.58 bits per heavy atom. The van der Waals surface area contributed by atoms with Crippen LogP contribution in [-0.4, -0.2) is 11.7 Å². The smallest absolute Gasteiger partial charge is 0.119 e. The minimum Gasteiger partial charge on any atom is -0.508 e. The summed E-state index contributed by atoms with van der Waals surface area (Å²) >= 11 is 0. The lowest BCUT2D eigenvalue weighted by atomic mass is 10.3. The summed E-state index contributed by atoms with van der Waals surface area (Å²) < 4.78 is 5.25. The van der Waals surface area contributed by atoms with E-state index in [1.807, 2.05) is 0 Å². The van der Waals surface area contributed by atoms with Crippen LogP contribution in [0.2, 0.25) is 0 Å². The first kappa shape index (κ1) is 8.48. The summed E-state index contributed by atoms with van der Waals surface area (Å²) in [6, 6.07) is 6.55. The average Bonchev–Trinajstić information content (AvgIpc) is 2.09. The van der Waals surface area contributed by atoms with Gasteiger partial charge in [-0.15, -0.1) is 12.3 Å². The van der Waals surface area contributed by atoms with E-state index in [2.05, 4.69) is 5.92 Å². The average molecular weight is 162 g/mol. The molecule has 1 N–H and O–H groups in total. The number of ether oxygens (including phenoxy) is 1. The van der Waals surface area contributed by atoms with Crippen molar-refractivity contribution in [3.05, 3.63) is 24.3 Å². The van der Waals surface area contributed by atoms with Crippen molar-refractivity contribution in [2.75, 3.05) is 6.61 Å². The second-order valence-electron chi connectivity index (χ2n) is 2.30. The van der Waals surface area contributed by atoms with Crippen LogP contribution >= 0.6 is 0 Å². The topological polar surface area (TPSA) is 29.5 Å². The molecule has 0 saturated heterocycles. The fraction of sp³-hybridized carbons (Fsp3) is 0.200. The quantitative estimate of drug-likeness (QED) is 0.542. The summed E-state index contributed by atoms with van der Waals surface area (Å²) in [6.07, 6.45) is 5.64. The third-order valence-electron chi connectivity index (χ3n) is 1.35. The summed E-state index contributed by atoms with van der Waals surface area (Å²) in [4.78, 5) is 0. The lowest BCUT2D eigenvalue weighted by Crippen LogP contribution is -1.94. The van der Waals surface area contributed by atoms with Crippen LogP contribution in [0.25, 0.3) is 0 Å². The van der Waals surface area contributed by atoms with Crippen molar-refractivity contribution in [3.8, 4) is 23.8 Å². The third kappa shape index (κ3) is 2.55. The number of phenols is 1. The molecule has 2 heteroatoms. The summed E-state index contributed by atoms with van der Waals surface area (Å²) in [6.45, 7) is 0.515. The van der Waals surface area contributed by atoms with E-state index < -0.39 is 0 Å². The third-order valence-corrected chi connectivity index (χ3v) is 1.35. The number of benzene rings is 1. The Hall–Kier alpha value is -1.62. The van der Waals surface area contributed by atoms with Crippen molar-refractivity contribution in [1.29, 1.82) is 0 Å². The largest absolute Gasteiger partial charge is 0.508 e. The van der Waals surface area contributed by atoms with Crippen LogP contribution < -0.4 is 4.74 Å². The second kappa shape index (κ2) is 4.30. The van der Waals surface area contributed by atoms with E-state index in [9.17, 15) is 0 Å². The Labute approximate surface area is 71.8 Å². The van der Waals surface area contributed by atoms with Crippen LogP contribution in [0.5, 0.6) is 11.5 Å². The SMILES string of the molecule is C#CCCOc1ccc(O)cc1. The predicted molar refractivity (Wildman–Crippen MR) is 47.1 cm³/mol. The molecule has 62 valence electrons. The van der Waals surface area contributed by atoms with Crippen molar-refractivity contribution in [2.45, 2.75) is 6.42 Å². The van der Waals surface area contributed by atoms with Gasteiger partial charge in [-0.2, -0.15) is 0 Å². The number of aromatic hydroxyl groups is 1. The first-order valence-electron chi connectivity index (χ1n) is 3.68. The van der Waals surface area contributed by atoms with Gasteiger partial charge in [0.15, 0.2) is 0 Å². The molecule has 0 aliphatic carbocycles. The zero-order valence-electron chi connectivity index (χ0n) is 6.66. The molecule has 0 radical (unpaired) electrons. The number of hydrogen-bond donors (Lipinski definition) is 1. The van der Waals surface area contributed by atoms with Crippen molar-refractivity contribution in [1.82, 2.24) is 0 Å². The molecule has 0 atom stereocenters. The molecule has 0 unspecified atom stereocenters. The number of phenolic OH excluding ortho intramolecular Hbond substituents is 1. The van der Waals surface area contributed by atoms with E-state index in [1.54, 1.807) is 24.3 Å². The van der Waals surface area contributed by atoms with E-state index >= 15 is 0 Å². The van der Waals surface area contributed by atoms with Crippen LogP contribution in [0.1, 0.15) is 6.42 Å². The number of rotatable bonds is 3. The van der Waals surface area contributed by atoms with Gasteiger partial charge < -0.3 is 9.84 Å². The highest BCUT2D eigenvalue weighted by Crippen LogP contribution is 2.15. The van der Waals surface area contributed by atoms with Gasteiger partial charge in [0.1, 0.15) is 11.5 Å². The minimum atomic E-state index is 0.235. The molecule has 0 heterocycles. The summed E-state index contributed by atoms with van der Waals surface area (Å²) in [5.74, 6) is 3.44. The van der Waals surface area contributed by atoms with Gasteiger partial charge >= 0.3 is 0 Å². The Kier molecular flexibility index (Phi) is 3.04. The maximum absolute atomic E-state index is 8.94. The molecule has 0 bridgehead atoms. The normalized spacial score (nSPS) is 8.92. The van der Waals surface area contributed by atoms with E-state index in [-0.39, 0.29) is 5.75 Å². The van der Waals surface area contributed by atoms with E-state index in [4.69, 9.17) is 16.3 Å².